The summed E-state index contributed by atoms with van der Waals surface area (Å²) < 4.78 is 38.3. The van der Waals surface area contributed by atoms with Gasteiger partial charge in [0.15, 0.2) is 5.82 Å². The highest BCUT2D eigenvalue weighted by atomic mass is 19.4. The second-order valence-electron chi connectivity index (χ2n) is 8.39. The maximum absolute atomic E-state index is 12.8. The van der Waals surface area contributed by atoms with Gasteiger partial charge in [0.2, 0.25) is 0 Å². The molecule has 2 fully saturated rings. The molecule has 5 heterocycles. The van der Waals surface area contributed by atoms with Crippen molar-refractivity contribution in [3.63, 3.8) is 0 Å². The van der Waals surface area contributed by atoms with Crippen LogP contribution in [0.5, 0.6) is 0 Å². The topological polar surface area (TPSA) is 70.9 Å². The first-order chi connectivity index (χ1) is 15.4. The predicted molar refractivity (Wildman–Crippen MR) is 113 cm³/mol. The smallest absolute Gasteiger partial charge is 0.370 e. The number of nitrogens with zero attached hydrogens (tertiary/aromatic N) is 7. The molecule has 32 heavy (non-hydrogen) atoms. The molecule has 10 heteroatoms. The van der Waals surface area contributed by atoms with E-state index in [2.05, 4.69) is 29.7 Å². The Hall–Kier alpha value is -3.30. The molecule has 3 aromatic heterocycles. The number of halogens is 3. The molecule has 2 saturated heterocycles. The SMILES string of the molecule is FC(F)(F)c1ccc(N2CCC3(CCN(c4cncc(-c5ncccn5)n4)CC3)C2)cn1. The Kier molecular flexibility index (Phi) is 5.15. The number of aromatic nitrogens is 5. The quantitative estimate of drug-likeness (QED) is 0.612. The third-order valence-electron chi connectivity index (χ3n) is 6.41. The first-order valence-corrected chi connectivity index (χ1v) is 10.5. The molecule has 0 aliphatic carbocycles. The number of rotatable bonds is 3. The highest BCUT2D eigenvalue weighted by Gasteiger charge is 2.41. The van der Waals surface area contributed by atoms with E-state index in [1.54, 1.807) is 30.9 Å². The van der Waals surface area contributed by atoms with Gasteiger partial charge in [0.25, 0.3) is 0 Å². The summed E-state index contributed by atoms with van der Waals surface area (Å²) in [5.74, 6) is 1.36. The van der Waals surface area contributed by atoms with Crippen LogP contribution in [0.3, 0.4) is 0 Å². The minimum Gasteiger partial charge on any atom is -0.370 e. The zero-order chi connectivity index (χ0) is 22.2. The minimum absolute atomic E-state index is 0.160. The summed E-state index contributed by atoms with van der Waals surface area (Å²) >= 11 is 0. The molecule has 0 saturated carbocycles. The number of hydrogen-bond acceptors (Lipinski definition) is 7. The fourth-order valence-corrected chi connectivity index (χ4v) is 4.56. The van der Waals surface area contributed by atoms with E-state index >= 15 is 0 Å². The third-order valence-corrected chi connectivity index (χ3v) is 6.41. The highest BCUT2D eigenvalue weighted by Crippen LogP contribution is 2.42. The zero-order valence-electron chi connectivity index (χ0n) is 17.3. The van der Waals surface area contributed by atoms with E-state index in [4.69, 9.17) is 4.98 Å². The molecule has 0 bridgehead atoms. The lowest BCUT2D eigenvalue weighted by Gasteiger charge is -2.39. The van der Waals surface area contributed by atoms with Crippen molar-refractivity contribution in [3.05, 3.63) is 54.9 Å². The monoisotopic (exact) mass is 441 g/mol. The molecule has 7 nitrogen and oxygen atoms in total. The first kappa shape index (κ1) is 20.6. The Morgan fingerprint density at radius 2 is 1.56 bits per heavy atom. The van der Waals surface area contributed by atoms with E-state index in [0.29, 0.717) is 11.5 Å². The lowest BCUT2D eigenvalue weighted by Crippen LogP contribution is -2.42. The van der Waals surface area contributed by atoms with Gasteiger partial charge in [-0.2, -0.15) is 13.2 Å². The lowest BCUT2D eigenvalue weighted by atomic mass is 9.78. The molecular formula is C22H22F3N7. The molecule has 1 spiro atoms. The van der Waals surface area contributed by atoms with E-state index in [0.717, 1.165) is 63.0 Å². The number of alkyl halides is 3. The maximum Gasteiger partial charge on any atom is 0.433 e. The van der Waals surface area contributed by atoms with E-state index in [-0.39, 0.29) is 5.41 Å². The molecule has 2 aliphatic rings. The van der Waals surface area contributed by atoms with Crippen LogP contribution < -0.4 is 9.80 Å². The van der Waals surface area contributed by atoms with Crippen molar-refractivity contribution in [3.8, 4) is 11.5 Å². The summed E-state index contributed by atoms with van der Waals surface area (Å²) in [5, 5.41) is 0. The van der Waals surface area contributed by atoms with Crippen LogP contribution in [0.4, 0.5) is 24.7 Å². The molecule has 166 valence electrons. The molecule has 0 radical (unpaired) electrons. The van der Waals surface area contributed by atoms with E-state index in [1.165, 1.54) is 12.3 Å². The van der Waals surface area contributed by atoms with Crippen LogP contribution in [0.25, 0.3) is 11.5 Å². The van der Waals surface area contributed by atoms with Crippen LogP contribution in [-0.2, 0) is 6.18 Å². The Morgan fingerprint density at radius 1 is 0.844 bits per heavy atom. The highest BCUT2D eigenvalue weighted by molar-refractivity contribution is 5.52. The van der Waals surface area contributed by atoms with Crippen molar-refractivity contribution in [1.82, 2.24) is 24.9 Å². The van der Waals surface area contributed by atoms with Gasteiger partial charge in [-0.05, 0) is 42.9 Å². The van der Waals surface area contributed by atoms with Crippen molar-refractivity contribution in [2.75, 3.05) is 36.0 Å². The summed E-state index contributed by atoms with van der Waals surface area (Å²) in [6, 6.07) is 4.35. The van der Waals surface area contributed by atoms with E-state index in [1.807, 2.05) is 0 Å². The van der Waals surface area contributed by atoms with E-state index in [9.17, 15) is 13.2 Å². The summed E-state index contributed by atoms with van der Waals surface area (Å²) in [5.41, 5.74) is 0.698. The summed E-state index contributed by atoms with van der Waals surface area (Å²) in [6.45, 7) is 3.37. The van der Waals surface area contributed by atoms with Crippen LogP contribution in [0.1, 0.15) is 25.0 Å². The number of piperidine rings is 1. The van der Waals surface area contributed by atoms with E-state index < -0.39 is 11.9 Å². The molecule has 0 atom stereocenters. The Balaban J connectivity index is 1.23. The van der Waals surface area contributed by atoms with Gasteiger partial charge in [0.1, 0.15) is 17.2 Å². The second-order valence-corrected chi connectivity index (χ2v) is 8.39. The van der Waals surface area contributed by atoms with Crippen LogP contribution in [-0.4, -0.2) is 51.1 Å². The van der Waals surface area contributed by atoms with Gasteiger partial charge in [0, 0.05) is 38.6 Å². The normalized spacial score (nSPS) is 18.3. The maximum atomic E-state index is 12.8. The van der Waals surface area contributed by atoms with Gasteiger partial charge < -0.3 is 9.80 Å². The van der Waals surface area contributed by atoms with Crippen LogP contribution in [0, 0.1) is 5.41 Å². The average molecular weight is 441 g/mol. The number of anilines is 2. The van der Waals surface area contributed by atoms with Crippen molar-refractivity contribution < 1.29 is 13.2 Å². The predicted octanol–water partition coefficient (Wildman–Crippen LogP) is 3.84. The van der Waals surface area contributed by atoms with Gasteiger partial charge in [-0.3, -0.25) is 4.98 Å². The van der Waals surface area contributed by atoms with Crippen LogP contribution in [0.2, 0.25) is 0 Å². The van der Waals surface area contributed by atoms with Crippen LogP contribution in [0.15, 0.2) is 49.2 Å². The third kappa shape index (κ3) is 4.09. The van der Waals surface area contributed by atoms with Crippen molar-refractivity contribution in [2.24, 2.45) is 5.41 Å². The van der Waals surface area contributed by atoms with Gasteiger partial charge in [-0.15, -0.1) is 0 Å². The largest absolute Gasteiger partial charge is 0.433 e. The number of hydrogen-bond donors (Lipinski definition) is 0. The average Bonchev–Trinajstić information content (AvgIpc) is 3.23. The Morgan fingerprint density at radius 3 is 2.22 bits per heavy atom. The zero-order valence-corrected chi connectivity index (χ0v) is 17.3. The Bertz CT molecular complexity index is 1060. The first-order valence-electron chi connectivity index (χ1n) is 10.5. The van der Waals surface area contributed by atoms with Gasteiger partial charge >= 0.3 is 6.18 Å². The lowest BCUT2D eigenvalue weighted by molar-refractivity contribution is -0.141. The molecule has 2 aliphatic heterocycles. The van der Waals surface area contributed by atoms with Crippen LogP contribution >= 0.6 is 0 Å². The fourth-order valence-electron chi connectivity index (χ4n) is 4.56. The molecule has 0 amide bonds. The minimum atomic E-state index is -4.41. The second kappa shape index (κ2) is 7.99. The van der Waals surface area contributed by atoms with Gasteiger partial charge in [-0.1, -0.05) is 0 Å². The van der Waals surface area contributed by atoms with Gasteiger partial charge in [0.05, 0.1) is 24.3 Å². The van der Waals surface area contributed by atoms with Gasteiger partial charge in [-0.25, -0.2) is 19.9 Å². The summed E-state index contributed by atoms with van der Waals surface area (Å²) in [4.78, 5) is 25.5. The molecule has 0 unspecified atom stereocenters. The molecule has 5 rings (SSSR count). The fraction of sp³-hybridized carbons (Fsp3) is 0.409. The number of pyridine rings is 1. The van der Waals surface area contributed by atoms with Crippen molar-refractivity contribution in [2.45, 2.75) is 25.4 Å². The molecular weight excluding hydrogens is 419 g/mol. The summed E-state index contributed by atoms with van der Waals surface area (Å²) in [7, 11) is 0. The Labute approximate surface area is 183 Å². The molecule has 0 aromatic carbocycles. The standard InChI is InChI=1S/C22H22F3N7/c23-22(24,25)18-3-2-16(12-29-18)32-11-6-21(15-32)4-9-31(10-5-21)19-14-26-13-17(30-19)20-27-7-1-8-28-20/h1-3,7-8,12-14H,4-6,9-11,15H2. The summed E-state index contributed by atoms with van der Waals surface area (Å²) in [6.07, 6.45) is 6.71. The van der Waals surface area contributed by atoms with Crippen molar-refractivity contribution in [1.29, 1.82) is 0 Å². The molecule has 3 aromatic rings. The van der Waals surface area contributed by atoms with Crippen molar-refractivity contribution >= 4 is 11.5 Å². The molecule has 0 N–H and O–H groups in total.